The molecule has 1 aliphatic heterocycles. The largest absolute Gasteiger partial charge is 0.496 e. The Balaban J connectivity index is 2.26. The summed E-state index contributed by atoms with van der Waals surface area (Å²) >= 11 is 0. The van der Waals surface area contributed by atoms with Crippen LogP contribution in [0.3, 0.4) is 0 Å². The van der Waals surface area contributed by atoms with E-state index in [4.69, 9.17) is 10.5 Å². The van der Waals surface area contributed by atoms with Gasteiger partial charge in [0, 0.05) is 18.6 Å². The normalized spacial score (nSPS) is 21.8. The number of methoxy groups -OCH3 is 1. The molecule has 0 radical (unpaired) electrons. The number of hydrogen-bond donors (Lipinski definition) is 1. The predicted octanol–water partition coefficient (Wildman–Crippen LogP) is 3.66. The fraction of sp³-hybridized carbons (Fsp3) is 0.667. The van der Waals surface area contributed by atoms with E-state index < -0.39 is 0 Å². The molecule has 0 aromatic heterocycles. The Labute approximate surface area is 129 Å². The van der Waals surface area contributed by atoms with Crippen LogP contribution in [0.25, 0.3) is 0 Å². The number of nitrogens with two attached hydrogens (primary N) is 1. The van der Waals surface area contributed by atoms with Crippen LogP contribution in [-0.4, -0.2) is 31.1 Å². The van der Waals surface area contributed by atoms with Gasteiger partial charge in [-0.2, -0.15) is 0 Å². The second kappa shape index (κ2) is 7.81. The topological polar surface area (TPSA) is 38.5 Å². The van der Waals surface area contributed by atoms with Crippen LogP contribution >= 0.6 is 0 Å². The number of rotatable bonds is 5. The van der Waals surface area contributed by atoms with Gasteiger partial charge in [0.25, 0.3) is 0 Å². The van der Waals surface area contributed by atoms with Gasteiger partial charge in [0.1, 0.15) is 5.75 Å². The van der Waals surface area contributed by atoms with E-state index in [0.717, 1.165) is 5.75 Å². The smallest absolute Gasteiger partial charge is 0.121 e. The molecular formula is C18H30N2O. The molecule has 118 valence electrons. The third-order valence-electron chi connectivity index (χ3n) is 4.82. The monoisotopic (exact) mass is 290 g/mol. The van der Waals surface area contributed by atoms with Crippen LogP contribution in [0.15, 0.2) is 18.2 Å². The summed E-state index contributed by atoms with van der Waals surface area (Å²) in [4.78, 5) is 2.65. The SMILES string of the molecule is CCC1CCCCCN1C(CN)c1ccc(OC)c(C)c1. The highest BCUT2D eigenvalue weighted by Gasteiger charge is 2.27. The molecule has 1 aromatic rings. The Kier molecular flexibility index (Phi) is 6.07. The van der Waals surface area contributed by atoms with E-state index in [0.29, 0.717) is 18.6 Å². The van der Waals surface area contributed by atoms with Crippen molar-refractivity contribution in [1.29, 1.82) is 0 Å². The van der Waals surface area contributed by atoms with Crippen molar-refractivity contribution >= 4 is 0 Å². The Morgan fingerprint density at radius 1 is 1.33 bits per heavy atom. The average molecular weight is 290 g/mol. The van der Waals surface area contributed by atoms with E-state index in [9.17, 15) is 0 Å². The summed E-state index contributed by atoms with van der Waals surface area (Å²) in [6.07, 6.45) is 6.52. The highest BCUT2D eigenvalue weighted by Crippen LogP contribution is 2.31. The molecule has 1 aliphatic rings. The van der Waals surface area contributed by atoms with Crippen LogP contribution in [0.2, 0.25) is 0 Å². The zero-order chi connectivity index (χ0) is 15.2. The molecular weight excluding hydrogens is 260 g/mol. The van der Waals surface area contributed by atoms with Crippen LogP contribution in [-0.2, 0) is 0 Å². The fourth-order valence-electron chi connectivity index (χ4n) is 3.62. The molecule has 1 fully saturated rings. The van der Waals surface area contributed by atoms with E-state index in [2.05, 4.69) is 36.9 Å². The quantitative estimate of drug-likeness (QED) is 0.899. The van der Waals surface area contributed by atoms with Gasteiger partial charge in [-0.25, -0.2) is 0 Å². The van der Waals surface area contributed by atoms with E-state index in [1.54, 1.807) is 7.11 Å². The van der Waals surface area contributed by atoms with Crippen LogP contribution in [0.4, 0.5) is 0 Å². The highest BCUT2D eigenvalue weighted by atomic mass is 16.5. The summed E-state index contributed by atoms with van der Waals surface area (Å²) in [5.74, 6) is 0.956. The Bertz CT molecular complexity index is 447. The van der Waals surface area contributed by atoms with Crippen molar-refractivity contribution in [2.24, 2.45) is 5.73 Å². The summed E-state index contributed by atoms with van der Waals surface area (Å²) in [6, 6.07) is 7.50. The van der Waals surface area contributed by atoms with Gasteiger partial charge in [0.15, 0.2) is 0 Å². The van der Waals surface area contributed by atoms with Crippen molar-refractivity contribution in [3.63, 3.8) is 0 Å². The number of ether oxygens (including phenoxy) is 1. The first-order valence-corrected chi connectivity index (χ1v) is 8.31. The van der Waals surface area contributed by atoms with Crippen LogP contribution in [0.5, 0.6) is 5.75 Å². The van der Waals surface area contributed by atoms with Crippen molar-refractivity contribution in [1.82, 2.24) is 4.90 Å². The van der Waals surface area contributed by atoms with E-state index in [1.807, 2.05) is 0 Å². The molecule has 2 rings (SSSR count). The van der Waals surface area contributed by atoms with Crippen LogP contribution in [0.1, 0.15) is 56.2 Å². The van der Waals surface area contributed by atoms with Gasteiger partial charge in [0.05, 0.1) is 7.11 Å². The molecule has 2 atom stereocenters. The summed E-state index contributed by atoms with van der Waals surface area (Å²) < 4.78 is 5.38. The van der Waals surface area contributed by atoms with Gasteiger partial charge in [0.2, 0.25) is 0 Å². The lowest BCUT2D eigenvalue weighted by atomic mass is 9.99. The summed E-state index contributed by atoms with van der Waals surface area (Å²) in [5, 5.41) is 0. The highest BCUT2D eigenvalue weighted by molar-refractivity contribution is 5.37. The maximum Gasteiger partial charge on any atom is 0.121 e. The van der Waals surface area contributed by atoms with Gasteiger partial charge >= 0.3 is 0 Å². The molecule has 0 aliphatic carbocycles. The van der Waals surface area contributed by atoms with E-state index in [-0.39, 0.29) is 0 Å². The molecule has 2 unspecified atom stereocenters. The summed E-state index contributed by atoms with van der Waals surface area (Å²) in [6.45, 7) is 6.26. The molecule has 0 spiro atoms. The van der Waals surface area contributed by atoms with Crippen molar-refractivity contribution in [2.45, 2.75) is 58.0 Å². The number of nitrogens with zero attached hydrogens (tertiary/aromatic N) is 1. The molecule has 0 saturated carbocycles. The van der Waals surface area contributed by atoms with Crippen molar-refractivity contribution in [3.8, 4) is 5.75 Å². The molecule has 1 heterocycles. The second-order valence-electron chi connectivity index (χ2n) is 6.13. The summed E-state index contributed by atoms with van der Waals surface area (Å²) in [7, 11) is 1.73. The van der Waals surface area contributed by atoms with Crippen LogP contribution in [0, 0.1) is 6.92 Å². The molecule has 0 amide bonds. The Morgan fingerprint density at radius 2 is 2.14 bits per heavy atom. The second-order valence-corrected chi connectivity index (χ2v) is 6.13. The lowest BCUT2D eigenvalue weighted by Gasteiger charge is -2.36. The minimum absolute atomic E-state index is 0.331. The lowest BCUT2D eigenvalue weighted by molar-refractivity contribution is 0.136. The van der Waals surface area contributed by atoms with E-state index in [1.165, 1.54) is 49.8 Å². The van der Waals surface area contributed by atoms with Gasteiger partial charge in [-0.1, -0.05) is 31.9 Å². The molecule has 21 heavy (non-hydrogen) atoms. The lowest BCUT2D eigenvalue weighted by Crippen LogP contribution is -2.41. The molecule has 2 N–H and O–H groups in total. The van der Waals surface area contributed by atoms with Gasteiger partial charge in [-0.05, 0) is 49.9 Å². The van der Waals surface area contributed by atoms with Gasteiger partial charge in [-0.15, -0.1) is 0 Å². The molecule has 1 aromatic carbocycles. The maximum absolute atomic E-state index is 6.15. The first-order chi connectivity index (χ1) is 10.2. The number of likely N-dealkylation sites (tertiary alicyclic amines) is 1. The van der Waals surface area contributed by atoms with Crippen molar-refractivity contribution in [2.75, 3.05) is 20.2 Å². The van der Waals surface area contributed by atoms with Crippen molar-refractivity contribution < 1.29 is 4.74 Å². The third kappa shape index (κ3) is 3.78. The first-order valence-electron chi connectivity index (χ1n) is 8.31. The number of aryl methyl sites for hydroxylation is 1. The number of benzene rings is 1. The average Bonchev–Trinajstić information content (AvgIpc) is 2.74. The molecule has 3 heteroatoms. The predicted molar refractivity (Wildman–Crippen MR) is 88.8 cm³/mol. The fourth-order valence-corrected chi connectivity index (χ4v) is 3.62. The minimum Gasteiger partial charge on any atom is -0.496 e. The van der Waals surface area contributed by atoms with Crippen molar-refractivity contribution in [3.05, 3.63) is 29.3 Å². The maximum atomic E-state index is 6.15. The number of hydrogen-bond acceptors (Lipinski definition) is 3. The Hall–Kier alpha value is -1.06. The molecule has 1 saturated heterocycles. The van der Waals surface area contributed by atoms with Crippen LogP contribution < -0.4 is 10.5 Å². The Morgan fingerprint density at radius 3 is 2.76 bits per heavy atom. The molecule has 3 nitrogen and oxygen atoms in total. The molecule has 0 bridgehead atoms. The summed E-state index contributed by atoms with van der Waals surface area (Å²) in [5.41, 5.74) is 8.67. The van der Waals surface area contributed by atoms with E-state index >= 15 is 0 Å². The minimum atomic E-state index is 0.331. The third-order valence-corrected chi connectivity index (χ3v) is 4.82. The zero-order valence-corrected chi connectivity index (χ0v) is 13.8. The first kappa shape index (κ1) is 16.3. The zero-order valence-electron chi connectivity index (χ0n) is 13.8. The van der Waals surface area contributed by atoms with Gasteiger partial charge < -0.3 is 10.5 Å². The standard InChI is InChI=1S/C18H30N2O/c1-4-16-8-6-5-7-11-20(16)17(13-19)15-9-10-18(21-3)14(2)12-15/h9-10,12,16-17H,4-8,11,13,19H2,1-3H3. The van der Waals surface area contributed by atoms with Gasteiger partial charge in [-0.3, -0.25) is 4.90 Å².